The second-order valence-corrected chi connectivity index (χ2v) is 10.2. The van der Waals surface area contributed by atoms with E-state index in [1.165, 1.54) is 7.11 Å². The molecular weight excluding hydrogens is 556 g/mol. The van der Waals surface area contributed by atoms with Crippen molar-refractivity contribution in [1.82, 2.24) is 0 Å². The third kappa shape index (κ3) is 9.32. The molecule has 230 valence electrons. The van der Waals surface area contributed by atoms with Crippen LogP contribution in [0.15, 0.2) is 121 Å². The van der Waals surface area contributed by atoms with Crippen LogP contribution in [0.2, 0.25) is 0 Å². The highest BCUT2D eigenvalue weighted by atomic mass is 16.6. The van der Waals surface area contributed by atoms with Gasteiger partial charge in [0, 0.05) is 0 Å². The number of hydrogen-bond donors (Lipinski definition) is 0. The number of rotatable bonds is 15. The number of carbonyl (C=O) groups is 1. The number of carbonyl (C=O) groups excluding carboxylic acids is 1. The molecule has 1 aliphatic heterocycles. The maximum absolute atomic E-state index is 12.7. The minimum atomic E-state index is -1.22. The summed E-state index contributed by atoms with van der Waals surface area (Å²) in [6, 6.07) is 35.9. The molecule has 0 bridgehead atoms. The Morgan fingerprint density at radius 2 is 0.977 bits per heavy atom. The summed E-state index contributed by atoms with van der Waals surface area (Å²) in [7, 11) is 1.27. The molecule has 7 heteroatoms. The Kier molecular flexibility index (Phi) is 10.2. The predicted octanol–water partition coefficient (Wildman–Crippen LogP) is 6.29. The van der Waals surface area contributed by atoms with Crippen LogP contribution < -0.4 is 0 Å². The zero-order chi connectivity index (χ0) is 33.9. The second kappa shape index (κ2) is 16.9. The van der Waals surface area contributed by atoms with Gasteiger partial charge in [0.2, 0.25) is 0 Å². The van der Waals surface area contributed by atoms with E-state index in [0.29, 0.717) is 22.3 Å². The van der Waals surface area contributed by atoms with E-state index in [9.17, 15) is 4.79 Å². The van der Waals surface area contributed by atoms with Gasteiger partial charge in [-0.15, -0.1) is 0 Å². The number of benzene rings is 4. The largest absolute Gasteiger partial charge is 0.469 e. The molecule has 0 spiro atoms. The molecule has 0 aromatic heterocycles. The molecule has 5 rings (SSSR count). The SMILES string of the molecule is [2H]C(OC[C@H]1OC(CC(=O)OC)[C@@H](OC([2H])c2ccccc2)[C@@H](OC([2H])c2ccccc2)[C@@H]1OC([2H])c1ccccc1)c1ccccc1. The van der Waals surface area contributed by atoms with E-state index in [0.717, 1.165) is 0 Å². The van der Waals surface area contributed by atoms with Crippen LogP contribution in [0.25, 0.3) is 0 Å². The van der Waals surface area contributed by atoms with Crippen molar-refractivity contribution in [1.29, 1.82) is 0 Å². The van der Waals surface area contributed by atoms with Crippen LogP contribution >= 0.6 is 0 Å². The first kappa shape index (κ1) is 26.5. The second-order valence-electron chi connectivity index (χ2n) is 10.2. The molecule has 4 aromatic rings. The molecule has 9 atom stereocenters. The van der Waals surface area contributed by atoms with E-state index in [1.54, 1.807) is 84.9 Å². The smallest absolute Gasteiger partial charge is 0.308 e. The van der Waals surface area contributed by atoms with Gasteiger partial charge in [0.15, 0.2) is 0 Å². The zero-order valence-electron chi connectivity index (χ0n) is 28.5. The molecule has 0 saturated carbocycles. The van der Waals surface area contributed by atoms with Crippen LogP contribution in [0.3, 0.4) is 0 Å². The third-order valence-corrected chi connectivity index (χ3v) is 7.09. The van der Waals surface area contributed by atoms with Gasteiger partial charge < -0.3 is 28.4 Å². The molecule has 5 unspecified atom stereocenters. The van der Waals surface area contributed by atoms with E-state index in [-0.39, 0.29) is 13.0 Å². The lowest BCUT2D eigenvalue weighted by atomic mass is 9.92. The van der Waals surface area contributed by atoms with Crippen molar-refractivity contribution in [2.45, 2.75) is 63.3 Å². The van der Waals surface area contributed by atoms with Gasteiger partial charge in [-0.3, -0.25) is 4.79 Å². The summed E-state index contributed by atoms with van der Waals surface area (Å²) < 4.78 is 72.2. The fraction of sp³-hybridized carbons (Fsp3) is 0.324. The van der Waals surface area contributed by atoms with Crippen molar-refractivity contribution in [3.8, 4) is 0 Å². The standard InChI is InChI=1S/C37H40O7/c1-39-34(38)22-32-35(41-24-29-16-8-3-9-17-29)37(43-26-31-20-12-5-13-21-31)36(42-25-30-18-10-4-11-19-30)33(44-32)27-40-23-28-14-6-2-7-15-28/h2-21,32-33,35-37H,22-27H2,1H3/t32?,33-,35-,36-,37-/m1/s1/i23D,24D,25D,26D/t23?,24?,25?,26?,32?,33-,35-,36-,37-. The van der Waals surface area contributed by atoms with Crippen molar-refractivity contribution in [3.05, 3.63) is 144 Å². The molecular formula is C37H40O7. The van der Waals surface area contributed by atoms with Gasteiger partial charge in [0.05, 0.1) is 58.1 Å². The highest BCUT2D eigenvalue weighted by Gasteiger charge is 2.49. The minimum absolute atomic E-state index is 0.170. The van der Waals surface area contributed by atoms with Crippen LogP contribution in [0.4, 0.5) is 0 Å². The highest BCUT2D eigenvalue weighted by Crippen LogP contribution is 2.32. The van der Waals surface area contributed by atoms with Gasteiger partial charge in [0.25, 0.3) is 0 Å². The van der Waals surface area contributed by atoms with Crippen molar-refractivity contribution in [2.24, 2.45) is 0 Å². The van der Waals surface area contributed by atoms with Crippen LogP contribution in [-0.4, -0.2) is 50.2 Å². The minimum Gasteiger partial charge on any atom is -0.469 e. The molecule has 44 heavy (non-hydrogen) atoms. The predicted molar refractivity (Wildman–Crippen MR) is 166 cm³/mol. The average Bonchev–Trinajstić information content (AvgIpc) is 3.14. The molecule has 1 saturated heterocycles. The first-order valence-corrected chi connectivity index (χ1v) is 14.5. The van der Waals surface area contributed by atoms with E-state index in [2.05, 4.69) is 0 Å². The monoisotopic (exact) mass is 600 g/mol. The summed E-state index contributed by atoms with van der Waals surface area (Å²) in [6.07, 6.45) is -5.58. The van der Waals surface area contributed by atoms with Crippen LogP contribution in [-0.2, 0) is 59.5 Å². The summed E-state index contributed by atoms with van der Waals surface area (Å²) in [4.78, 5) is 12.7. The van der Waals surface area contributed by atoms with Gasteiger partial charge in [-0.25, -0.2) is 0 Å². The Balaban J connectivity index is 1.53. The Hall–Kier alpha value is -3.85. The molecule has 0 aliphatic carbocycles. The molecule has 4 aromatic carbocycles. The molecule has 0 amide bonds. The van der Waals surface area contributed by atoms with Crippen molar-refractivity contribution in [3.63, 3.8) is 0 Å². The van der Waals surface area contributed by atoms with Crippen LogP contribution in [0.5, 0.6) is 0 Å². The maximum atomic E-state index is 12.7. The van der Waals surface area contributed by atoms with Crippen molar-refractivity contribution in [2.75, 3.05) is 13.7 Å². The van der Waals surface area contributed by atoms with Gasteiger partial charge in [0.1, 0.15) is 24.4 Å². The maximum Gasteiger partial charge on any atom is 0.308 e. The van der Waals surface area contributed by atoms with Crippen LogP contribution in [0.1, 0.15) is 34.2 Å². The quantitative estimate of drug-likeness (QED) is 0.149. The van der Waals surface area contributed by atoms with Crippen molar-refractivity contribution < 1.29 is 38.7 Å². The van der Waals surface area contributed by atoms with E-state index in [4.69, 9.17) is 33.9 Å². The first-order valence-electron chi connectivity index (χ1n) is 16.8. The lowest BCUT2D eigenvalue weighted by molar-refractivity contribution is -0.273. The lowest BCUT2D eigenvalue weighted by Gasteiger charge is -2.46. The first-order chi connectivity index (χ1) is 23.3. The third-order valence-electron chi connectivity index (χ3n) is 7.09. The zero-order valence-corrected chi connectivity index (χ0v) is 24.5. The Bertz CT molecular complexity index is 1520. The van der Waals surface area contributed by atoms with E-state index < -0.39 is 62.8 Å². The van der Waals surface area contributed by atoms with Gasteiger partial charge in [-0.1, -0.05) is 121 Å². The summed E-state index contributed by atoms with van der Waals surface area (Å²) in [6.45, 7) is -4.86. The summed E-state index contributed by atoms with van der Waals surface area (Å²) in [5.41, 5.74) is 2.32. The Morgan fingerprint density at radius 3 is 1.41 bits per heavy atom. The number of ether oxygens (including phenoxy) is 6. The normalized spacial score (nSPS) is 25.7. The number of esters is 1. The summed E-state index contributed by atoms with van der Waals surface area (Å²) >= 11 is 0. The summed E-state index contributed by atoms with van der Waals surface area (Å²) in [5.74, 6) is -0.580. The highest BCUT2D eigenvalue weighted by molar-refractivity contribution is 5.69. The fourth-order valence-electron chi connectivity index (χ4n) is 4.86. The molecule has 1 aliphatic rings. The van der Waals surface area contributed by atoms with Gasteiger partial charge >= 0.3 is 5.97 Å². The van der Waals surface area contributed by atoms with E-state index in [1.807, 2.05) is 36.4 Å². The number of methoxy groups -OCH3 is 1. The molecule has 1 heterocycles. The van der Waals surface area contributed by atoms with Gasteiger partial charge in [-0.2, -0.15) is 0 Å². The van der Waals surface area contributed by atoms with Crippen molar-refractivity contribution >= 4 is 5.97 Å². The molecule has 1 fully saturated rings. The number of hydrogen-bond acceptors (Lipinski definition) is 7. The molecule has 7 nitrogen and oxygen atoms in total. The van der Waals surface area contributed by atoms with E-state index >= 15 is 0 Å². The Labute approximate surface area is 265 Å². The lowest BCUT2D eigenvalue weighted by Crippen LogP contribution is -2.61. The molecule has 0 radical (unpaired) electrons. The Morgan fingerprint density at radius 1 is 0.591 bits per heavy atom. The van der Waals surface area contributed by atoms with Crippen LogP contribution in [0, 0.1) is 0 Å². The van der Waals surface area contributed by atoms with Gasteiger partial charge in [-0.05, 0) is 22.3 Å². The summed E-state index contributed by atoms with van der Waals surface area (Å²) in [5, 5.41) is 0. The fourth-order valence-corrected chi connectivity index (χ4v) is 4.86. The topological polar surface area (TPSA) is 72.5 Å². The average molecular weight is 601 g/mol. The molecule has 0 N–H and O–H groups in total.